The van der Waals surface area contributed by atoms with Crippen molar-refractivity contribution in [1.29, 1.82) is 0 Å². The molecule has 0 saturated heterocycles. The van der Waals surface area contributed by atoms with Crippen LogP contribution in [-0.2, 0) is 12.8 Å². The molecular weight excluding hydrogens is 414 g/mol. The predicted molar refractivity (Wildman–Crippen MR) is 133 cm³/mol. The number of rotatable bonds is 3. The van der Waals surface area contributed by atoms with Crippen molar-refractivity contribution in [3.05, 3.63) is 83.0 Å². The van der Waals surface area contributed by atoms with E-state index in [-0.39, 0.29) is 5.91 Å². The van der Waals surface area contributed by atoms with Crippen LogP contribution < -0.4 is 5.32 Å². The molecule has 2 heterocycles. The normalized spacial score (nSPS) is 13.4. The van der Waals surface area contributed by atoms with Crippen molar-refractivity contribution >= 4 is 44.1 Å². The van der Waals surface area contributed by atoms with Gasteiger partial charge in [-0.2, -0.15) is 0 Å². The molecule has 0 radical (unpaired) electrons. The maximum atomic E-state index is 13.1. The van der Waals surface area contributed by atoms with E-state index in [2.05, 4.69) is 41.5 Å². The third-order valence-corrected chi connectivity index (χ3v) is 7.38. The number of aromatic amines is 1. The number of thiazole rings is 1. The van der Waals surface area contributed by atoms with Gasteiger partial charge in [0.05, 0.1) is 21.3 Å². The molecule has 0 unspecified atom stereocenters. The molecule has 0 atom stereocenters. The molecule has 5 heteroatoms. The molecule has 1 aliphatic carbocycles. The third kappa shape index (κ3) is 3.30. The monoisotopic (exact) mass is 437 g/mol. The molecule has 32 heavy (non-hydrogen) atoms. The predicted octanol–water partition coefficient (Wildman–Crippen LogP) is 6.88. The Labute approximate surface area is 190 Å². The van der Waals surface area contributed by atoms with Crippen LogP contribution >= 0.6 is 11.3 Å². The number of hydrogen-bond acceptors (Lipinski definition) is 3. The Morgan fingerprint density at radius 3 is 2.75 bits per heavy atom. The summed E-state index contributed by atoms with van der Waals surface area (Å²) in [6, 6.07) is 20.3. The highest BCUT2D eigenvalue weighted by atomic mass is 32.1. The largest absolute Gasteiger partial charge is 0.358 e. The summed E-state index contributed by atoms with van der Waals surface area (Å²) in [6.45, 7) is 2.10. The van der Waals surface area contributed by atoms with Gasteiger partial charge in [0.1, 0.15) is 5.01 Å². The molecule has 4 nitrogen and oxygen atoms in total. The Morgan fingerprint density at radius 2 is 1.88 bits per heavy atom. The van der Waals surface area contributed by atoms with E-state index in [0.717, 1.165) is 40.1 Å². The molecule has 2 N–H and O–H groups in total. The van der Waals surface area contributed by atoms with Crippen molar-refractivity contribution in [3.63, 3.8) is 0 Å². The van der Waals surface area contributed by atoms with Crippen LogP contribution in [0.1, 0.15) is 40.0 Å². The molecule has 158 valence electrons. The van der Waals surface area contributed by atoms with Gasteiger partial charge in [0.2, 0.25) is 0 Å². The number of carbonyl (C=O) groups is 1. The first-order valence-electron chi connectivity index (χ1n) is 11.1. The van der Waals surface area contributed by atoms with Crippen molar-refractivity contribution in [2.24, 2.45) is 0 Å². The van der Waals surface area contributed by atoms with E-state index in [1.54, 1.807) is 11.3 Å². The number of aromatic nitrogens is 2. The smallest absolute Gasteiger partial charge is 0.257 e. The van der Waals surface area contributed by atoms with Crippen molar-refractivity contribution in [1.82, 2.24) is 9.97 Å². The van der Waals surface area contributed by atoms with E-state index < -0.39 is 0 Å². The maximum absolute atomic E-state index is 13.1. The van der Waals surface area contributed by atoms with Crippen molar-refractivity contribution < 1.29 is 4.79 Å². The summed E-state index contributed by atoms with van der Waals surface area (Å²) in [6.07, 6.45) is 4.59. The second-order valence-electron chi connectivity index (χ2n) is 8.54. The van der Waals surface area contributed by atoms with E-state index >= 15 is 0 Å². The van der Waals surface area contributed by atoms with E-state index in [1.165, 1.54) is 39.7 Å². The van der Waals surface area contributed by atoms with E-state index in [1.807, 2.05) is 36.4 Å². The summed E-state index contributed by atoms with van der Waals surface area (Å²) in [7, 11) is 0. The summed E-state index contributed by atoms with van der Waals surface area (Å²) in [5, 5.41) is 5.25. The summed E-state index contributed by atoms with van der Waals surface area (Å²) < 4.78 is 1.19. The molecule has 2 aromatic heterocycles. The maximum Gasteiger partial charge on any atom is 0.257 e. The van der Waals surface area contributed by atoms with Gasteiger partial charge in [-0.25, -0.2) is 4.98 Å². The number of hydrogen-bond donors (Lipinski definition) is 2. The summed E-state index contributed by atoms with van der Waals surface area (Å²) >= 11 is 1.69. The number of para-hydroxylation sites is 1. The van der Waals surface area contributed by atoms with Gasteiger partial charge in [-0.3, -0.25) is 4.79 Å². The second kappa shape index (κ2) is 7.61. The number of amides is 1. The highest BCUT2D eigenvalue weighted by Crippen LogP contribution is 2.33. The fourth-order valence-corrected chi connectivity index (χ4v) is 5.74. The number of aryl methyl sites for hydroxylation is 3. The van der Waals surface area contributed by atoms with Crippen molar-refractivity contribution in [3.8, 4) is 10.6 Å². The lowest BCUT2D eigenvalue weighted by Gasteiger charge is -2.10. The van der Waals surface area contributed by atoms with Gasteiger partial charge in [-0.05, 0) is 86.2 Å². The zero-order valence-corrected chi connectivity index (χ0v) is 18.7. The standard InChI is InChI=1S/C27H23N3OS/c1-16-9-14-23-24(15-16)32-27(30-23)17-10-12-18(13-11-17)28-26(31)21-7-4-6-20-19-5-2-3-8-22(19)29-25(20)21/h4,6-7,9-15,29H,2-3,5,8H2,1H3,(H,28,31). The van der Waals surface area contributed by atoms with Crippen LogP contribution in [0.2, 0.25) is 0 Å². The first-order chi connectivity index (χ1) is 15.7. The minimum absolute atomic E-state index is 0.0857. The number of anilines is 1. The third-order valence-electron chi connectivity index (χ3n) is 6.31. The highest BCUT2D eigenvalue weighted by molar-refractivity contribution is 7.21. The van der Waals surface area contributed by atoms with Crippen LogP contribution in [-0.4, -0.2) is 15.9 Å². The molecule has 0 spiro atoms. The van der Waals surface area contributed by atoms with Crippen LogP contribution in [0.4, 0.5) is 5.69 Å². The summed E-state index contributed by atoms with van der Waals surface area (Å²) in [5.74, 6) is -0.0857. The SMILES string of the molecule is Cc1ccc2nc(-c3ccc(NC(=O)c4cccc5c6c([nH]c45)CCCC6)cc3)sc2c1. The summed E-state index contributed by atoms with van der Waals surface area (Å²) in [5.41, 5.74) is 8.43. The molecule has 6 rings (SSSR count). The number of benzene rings is 3. The minimum atomic E-state index is -0.0857. The topological polar surface area (TPSA) is 57.8 Å². The molecule has 0 fully saturated rings. The Balaban J connectivity index is 1.26. The van der Waals surface area contributed by atoms with Crippen LogP contribution in [0, 0.1) is 6.92 Å². The van der Waals surface area contributed by atoms with Crippen LogP contribution in [0.15, 0.2) is 60.7 Å². The van der Waals surface area contributed by atoms with Crippen molar-refractivity contribution in [2.75, 3.05) is 5.32 Å². The van der Waals surface area contributed by atoms with Crippen LogP contribution in [0.3, 0.4) is 0 Å². The first kappa shape index (κ1) is 19.3. The van der Waals surface area contributed by atoms with Gasteiger partial charge in [-0.1, -0.05) is 18.2 Å². The zero-order chi connectivity index (χ0) is 21.7. The van der Waals surface area contributed by atoms with Gasteiger partial charge in [0.25, 0.3) is 5.91 Å². The molecule has 0 aliphatic heterocycles. The van der Waals surface area contributed by atoms with Gasteiger partial charge < -0.3 is 10.3 Å². The molecule has 0 bridgehead atoms. The molecule has 0 saturated carbocycles. The average Bonchev–Trinajstić information content (AvgIpc) is 3.40. The van der Waals surface area contributed by atoms with Gasteiger partial charge in [-0.15, -0.1) is 11.3 Å². The minimum Gasteiger partial charge on any atom is -0.358 e. The zero-order valence-electron chi connectivity index (χ0n) is 17.9. The summed E-state index contributed by atoms with van der Waals surface area (Å²) in [4.78, 5) is 21.4. The fraction of sp³-hybridized carbons (Fsp3) is 0.185. The molecule has 1 amide bonds. The Hall–Kier alpha value is -3.44. The number of fused-ring (bicyclic) bond motifs is 4. The highest BCUT2D eigenvalue weighted by Gasteiger charge is 2.19. The number of H-pyrrole nitrogens is 1. The van der Waals surface area contributed by atoms with E-state index in [4.69, 9.17) is 4.98 Å². The molecule has 5 aromatic rings. The van der Waals surface area contributed by atoms with Gasteiger partial charge in [0, 0.05) is 22.3 Å². The van der Waals surface area contributed by atoms with Crippen molar-refractivity contribution in [2.45, 2.75) is 32.6 Å². The second-order valence-corrected chi connectivity index (χ2v) is 9.57. The lowest BCUT2D eigenvalue weighted by molar-refractivity contribution is 0.102. The van der Waals surface area contributed by atoms with Gasteiger partial charge in [0.15, 0.2) is 0 Å². The first-order valence-corrected chi connectivity index (χ1v) is 11.9. The number of nitrogens with one attached hydrogen (secondary N) is 2. The molecular formula is C27H23N3OS. The quantitative estimate of drug-likeness (QED) is 0.323. The average molecular weight is 438 g/mol. The Bertz CT molecular complexity index is 1480. The number of carbonyl (C=O) groups excluding carboxylic acids is 1. The lowest BCUT2D eigenvalue weighted by Crippen LogP contribution is -2.12. The van der Waals surface area contributed by atoms with E-state index in [0.29, 0.717) is 5.56 Å². The molecule has 3 aromatic carbocycles. The van der Waals surface area contributed by atoms with Crippen LogP contribution in [0.5, 0.6) is 0 Å². The van der Waals surface area contributed by atoms with Crippen LogP contribution in [0.25, 0.3) is 31.7 Å². The fourth-order valence-electron chi connectivity index (χ4n) is 4.67. The van der Waals surface area contributed by atoms with Gasteiger partial charge >= 0.3 is 0 Å². The van der Waals surface area contributed by atoms with E-state index in [9.17, 15) is 4.79 Å². The Morgan fingerprint density at radius 1 is 1.03 bits per heavy atom. The number of nitrogens with zero attached hydrogens (tertiary/aromatic N) is 1. The Kier molecular flexibility index (Phi) is 4.58. The molecule has 1 aliphatic rings. The lowest BCUT2D eigenvalue weighted by atomic mass is 9.95.